The van der Waals surface area contributed by atoms with E-state index in [1.807, 2.05) is 18.7 Å². The molecule has 0 bridgehead atoms. The van der Waals surface area contributed by atoms with Crippen LogP contribution in [-0.2, 0) is 0 Å². The zero-order valence-corrected chi connectivity index (χ0v) is 14.8. The lowest BCUT2D eigenvalue weighted by Gasteiger charge is -2.33. The van der Waals surface area contributed by atoms with Gasteiger partial charge < -0.3 is 20.9 Å². The van der Waals surface area contributed by atoms with E-state index in [4.69, 9.17) is 0 Å². The van der Waals surface area contributed by atoms with Gasteiger partial charge in [0.1, 0.15) is 0 Å². The van der Waals surface area contributed by atoms with E-state index in [2.05, 4.69) is 40.2 Å². The van der Waals surface area contributed by atoms with E-state index >= 15 is 0 Å². The summed E-state index contributed by atoms with van der Waals surface area (Å²) in [6.45, 7) is 7.48. The van der Waals surface area contributed by atoms with Crippen molar-refractivity contribution < 1.29 is 4.79 Å². The van der Waals surface area contributed by atoms with Crippen molar-refractivity contribution in [2.24, 2.45) is 0 Å². The maximum absolute atomic E-state index is 12.1. The van der Waals surface area contributed by atoms with Crippen molar-refractivity contribution in [1.29, 1.82) is 0 Å². The van der Waals surface area contributed by atoms with Crippen molar-refractivity contribution in [2.45, 2.75) is 51.1 Å². The molecule has 24 heavy (non-hydrogen) atoms. The van der Waals surface area contributed by atoms with Gasteiger partial charge in [-0.15, -0.1) is 0 Å². The van der Waals surface area contributed by atoms with Gasteiger partial charge in [0.15, 0.2) is 0 Å². The minimum atomic E-state index is 0.0687. The molecule has 1 saturated heterocycles. The van der Waals surface area contributed by atoms with Crippen LogP contribution in [0.1, 0.15) is 44.6 Å². The van der Waals surface area contributed by atoms with Crippen LogP contribution in [0.25, 0.3) is 0 Å². The van der Waals surface area contributed by atoms with Crippen LogP contribution < -0.4 is 16.0 Å². The number of carbonyl (C=O) groups is 1. The largest absolute Gasteiger partial charge is 0.384 e. The third-order valence-corrected chi connectivity index (χ3v) is 5.40. The van der Waals surface area contributed by atoms with E-state index in [1.165, 1.54) is 17.7 Å². The lowest BCUT2D eigenvalue weighted by molar-refractivity contribution is 0.193. The topological polar surface area (TPSA) is 56.4 Å². The Hall–Kier alpha value is -1.75. The first-order valence-corrected chi connectivity index (χ1v) is 9.32. The summed E-state index contributed by atoms with van der Waals surface area (Å²) in [5.41, 5.74) is 2.75. The number of anilines is 1. The van der Waals surface area contributed by atoms with Gasteiger partial charge in [0.05, 0.1) is 0 Å². The molecule has 3 atom stereocenters. The molecule has 1 aromatic carbocycles. The van der Waals surface area contributed by atoms with E-state index in [9.17, 15) is 4.79 Å². The molecule has 2 aliphatic rings. The fraction of sp³-hybridized carbons (Fsp3) is 0.632. The predicted octanol–water partition coefficient (Wildman–Crippen LogP) is 2.76. The number of para-hydroxylation sites is 1. The summed E-state index contributed by atoms with van der Waals surface area (Å²) in [7, 11) is 0. The standard InChI is InChI=1S/C19H30N4O/c1-3-23(4-2)19(24)22-16-10-9-15(20-13-16)11-14-12-21-18-8-6-5-7-17(14)18/h5-8,14-16,20-21H,3-4,9-13H2,1-2H3,(H,22,24)/t14?,15-,16-/m0/s1. The van der Waals surface area contributed by atoms with Crippen LogP contribution in [0.15, 0.2) is 24.3 Å². The van der Waals surface area contributed by atoms with Gasteiger partial charge in [0.2, 0.25) is 0 Å². The molecule has 2 amide bonds. The molecule has 1 fully saturated rings. The molecular weight excluding hydrogens is 300 g/mol. The van der Waals surface area contributed by atoms with Crippen LogP contribution in [0.2, 0.25) is 0 Å². The Balaban J connectivity index is 1.45. The van der Waals surface area contributed by atoms with Crippen LogP contribution in [0.4, 0.5) is 10.5 Å². The van der Waals surface area contributed by atoms with Crippen LogP contribution in [0, 0.1) is 0 Å². The Labute approximate surface area is 145 Å². The van der Waals surface area contributed by atoms with Crippen LogP contribution in [0.5, 0.6) is 0 Å². The van der Waals surface area contributed by atoms with Crippen LogP contribution in [-0.4, -0.2) is 49.2 Å². The summed E-state index contributed by atoms with van der Waals surface area (Å²) in [6.07, 6.45) is 3.36. The second-order valence-corrected chi connectivity index (χ2v) is 6.90. The molecule has 0 aliphatic carbocycles. The Morgan fingerprint density at radius 1 is 1.21 bits per heavy atom. The van der Waals surface area contributed by atoms with Gasteiger partial charge >= 0.3 is 6.03 Å². The molecule has 0 aromatic heterocycles. The maximum Gasteiger partial charge on any atom is 0.317 e. The van der Waals surface area contributed by atoms with E-state index in [-0.39, 0.29) is 12.1 Å². The highest BCUT2D eigenvalue weighted by Crippen LogP contribution is 2.34. The van der Waals surface area contributed by atoms with E-state index in [1.54, 1.807) is 0 Å². The molecule has 5 nitrogen and oxygen atoms in total. The van der Waals surface area contributed by atoms with Gasteiger partial charge in [-0.2, -0.15) is 0 Å². The minimum absolute atomic E-state index is 0.0687. The average molecular weight is 330 g/mol. The van der Waals surface area contributed by atoms with Gasteiger partial charge in [-0.3, -0.25) is 0 Å². The monoisotopic (exact) mass is 330 g/mol. The molecule has 2 aliphatic heterocycles. The molecule has 3 N–H and O–H groups in total. The SMILES string of the molecule is CCN(CC)C(=O)N[C@H]1CC[C@@H](CC2CNc3ccccc32)NC1. The van der Waals surface area contributed by atoms with E-state index in [0.29, 0.717) is 12.0 Å². The molecule has 0 spiro atoms. The van der Waals surface area contributed by atoms with Crippen molar-refractivity contribution in [3.8, 4) is 0 Å². The van der Waals surface area contributed by atoms with Crippen molar-refractivity contribution in [3.63, 3.8) is 0 Å². The summed E-state index contributed by atoms with van der Waals surface area (Å²) < 4.78 is 0. The Morgan fingerprint density at radius 3 is 2.71 bits per heavy atom. The highest BCUT2D eigenvalue weighted by Gasteiger charge is 2.28. The lowest BCUT2D eigenvalue weighted by atomic mass is 9.89. The second kappa shape index (κ2) is 7.88. The Bertz CT molecular complexity index is 550. The number of nitrogens with zero attached hydrogens (tertiary/aromatic N) is 1. The second-order valence-electron chi connectivity index (χ2n) is 6.90. The molecular formula is C19H30N4O. The number of hydrogen-bond donors (Lipinski definition) is 3. The number of amides is 2. The smallest absolute Gasteiger partial charge is 0.317 e. The third kappa shape index (κ3) is 3.83. The molecule has 0 saturated carbocycles. The van der Waals surface area contributed by atoms with Crippen molar-refractivity contribution >= 4 is 11.7 Å². The molecule has 2 heterocycles. The lowest BCUT2D eigenvalue weighted by Crippen LogP contribution is -2.53. The number of piperidine rings is 1. The third-order valence-electron chi connectivity index (χ3n) is 5.40. The number of hydrogen-bond acceptors (Lipinski definition) is 3. The summed E-state index contributed by atoms with van der Waals surface area (Å²) in [6, 6.07) is 9.51. The highest BCUT2D eigenvalue weighted by atomic mass is 16.2. The number of benzene rings is 1. The predicted molar refractivity (Wildman–Crippen MR) is 98.6 cm³/mol. The minimum Gasteiger partial charge on any atom is -0.384 e. The van der Waals surface area contributed by atoms with Crippen LogP contribution in [0.3, 0.4) is 0 Å². The normalized spacial score (nSPS) is 25.7. The summed E-state index contributed by atoms with van der Waals surface area (Å²) in [4.78, 5) is 14.0. The fourth-order valence-corrected chi connectivity index (χ4v) is 3.93. The molecule has 5 heteroatoms. The van der Waals surface area contributed by atoms with Crippen molar-refractivity contribution in [2.75, 3.05) is 31.5 Å². The van der Waals surface area contributed by atoms with Crippen molar-refractivity contribution in [1.82, 2.24) is 15.5 Å². The van der Waals surface area contributed by atoms with Gasteiger partial charge in [-0.1, -0.05) is 18.2 Å². The van der Waals surface area contributed by atoms with Gasteiger partial charge in [0, 0.05) is 49.9 Å². The van der Waals surface area contributed by atoms with Crippen LogP contribution >= 0.6 is 0 Å². The average Bonchev–Trinajstić information content (AvgIpc) is 3.01. The molecule has 0 radical (unpaired) electrons. The highest BCUT2D eigenvalue weighted by molar-refractivity contribution is 5.74. The summed E-state index contributed by atoms with van der Waals surface area (Å²) in [5.74, 6) is 0.598. The summed E-state index contributed by atoms with van der Waals surface area (Å²) >= 11 is 0. The number of fused-ring (bicyclic) bond motifs is 1. The molecule has 132 valence electrons. The van der Waals surface area contributed by atoms with Gasteiger partial charge in [-0.05, 0) is 44.7 Å². The number of carbonyl (C=O) groups excluding carboxylic acids is 1. The zero-order chi connectivity index (χ0) is 16.9. The summed E-state index contributed by atoms with van der Waals surface area (Å²) in [5, 5.41) is 10.3. The Morgan fingerprint density at radius 2 is 2.00 bits per heavy atom. The Kier molecular flexibility index (Phi) is 5.61. The molecule has 3 rings (SSSR count). The maximum atomic E-state index is 12.1. The number of urea groups is 1. The number of rotatable bonds is 5. The van der Waals surface area contributed by atoms with E-state index < -0.39 is 0 Å². The van der Waals surface area contributed by atoms with E-state index in [0.717, 1.165) is 39.0 Å². The van der Waals surface area contributed by atoms with Gasteiger partial charge in [-0.25, -0.2) is 4.79 Å². The first-order chi connectivity index (χ1) is 11.7. The number of nitrogens with one attached hydrogen (secondary N) is 3. The molecule has 1 aromatic rings. The fourth-order valence-electron chi connectivity index (χ4n) is 3.93. The first kappa shape index (κ1) is 17.1. The zero-order valence-electron chi connectivity index (χ0n) is 14.8. The van der Waals surface area contributed by atoms with Gasteiger partial charge in [0.25, 0.3) is 0 Å². The quantitative estimate of drug-likeness (QED) is 0.778. The first-order valence-electron chi connectivity index (χ1n) is 9.32. The van der Waals surface area contributed by atoms with Crippen molar-refractivity contribution in [3.05, 3.63) is 29.8 Å². The molecule has 1 unspecified atom stereocenters.